The number of aryl methyl sites for hydroxylation is 2. The number of hydrogen-bond donors (Lipinski definition) is 1. The molecule has 2 aromatic carbocycles. The van der Waals surface area contributed by atoms with Gasteiger partial charge >= 0.3 is 5.97 Å². The molecule has 1 N–H and O–H groups in total. The first-order chi connectivity index (χ1) is 12.4. The van der Waals surface area contributed by atoms with Crippen molar-refractivity contribution in [3.63, 3.8) is 0 Å². The smallest absolute Gasteiger partial charge is 0.312 e. The van der Waals surface area contributed by atoms with Crippen molar-refractivity contribution in [2.45, 2.75) is 33.3 Å². The summed E-state index contributed by atoms with van der Waals surface area (Å²) in [7, 11) is 0. The summed E-state index contributed by atoms with van der Waals surface area (Å²) in [6, 6.07) is 13.0. The molecule has 0 aliphatic rings. The summed E-state index contributed by atoms with van der Waals surface area (Å²) in [6.07, 6.45) is -0.973. The fourth-order valence-corrected chi connectivity index (χ4v) is 2.68. The Labute approximate surface area is 151 Å². The lowest BCUT2D eigenvalue weighted by molar-refractivity contribution is -0.152. The second-order valence-corrected chi connectivity index (χ2v) is 6.24. The number of ether oxygens (including phenoxy) is 1. The van der Waals surface area contributed by atoms with E-state index in [0.29, 0.717) is 17.0 Å². The van der Waals surface area contributed by atoms with Gasteiger partial charge in [0.1, 0.15) is 5.69 Å². The topological polar surface area (TPSA) is 81.4 Å². The van der Waals surface area contributed by atoms with Gasteiger partial charge in [0.2, 0.25) is 0 Å². The minimum absolute atomic E-state index is 0.0573. The number of aromatic nitrogens is 1. The predicted molar refractivity (Wildman–Crippen MR) is 97.8 cm³/mol. The largest absolute Gasteiger partial charge is 0.452 e. The van der Waals surface area contributed by atoms with Crippen molar-refractivity contribution in [2.75, 3.05) is 5.32 Å². The van der Waals surface area contributed by atoms with Crippen LogP contribution in [-0.4, -0.2) is 23.1 Å². The van der Waals surface area contributed by atoms with Crippen molar-refractivity contribution in [1.29, 1.82) is 0 Å². The normalized spacial score (nSPS) is 12.0. The number of benzene rings is 2. The Morgan fingerprint density at radius 1 is 1.19 bits per heavy atom. The Bertz CT molecular complexity index is 961. The molecule has 0 fully saturated rings. The van der Waals surface area contributed by atoms with Crippen LogP contribution >= 0.6 is 0 Å². The van der Waals surface area contributed by atoms with Crippen molar-refractivity contribution in [1.82, 2.24) is 5.16 Å². The number of nitrogens with zero attached hydrogens (tertiary/aromatic N) is 1. The van der Waals surface area contributed by atoms with E-state index >= 15 is 0 Å². The molecule has 3 aromatic rings. The van der Waals surface area contributed by atoms with Crippen molar-refractivity contribution in [3.8, 4) is 0 Å². The molecule has 134 valence electrons. The molecule has 0 unspecified atom stereocenters. The second-order valence-electron chi connectivity index (χ2n) is 6.24. The van der Waals surface area contributed by atoms with Crippen molar-refractivity contribution in [2.24, 2.45) is 0 Å². The molecular weight excluding hydrogens is 332 g/mol. The van der Waals surface area contributed by atoms with E-state index in [4.69, 9.17) is 9.26 Å². The van der Waals surface area contributed by atoms with Gasteiger partial charge in [-0.3, -0.25) is 9.59 Å². The van der Waals surface area contributed by atoms with Gasteiger partial charge in [0, 0.05) is 11.1 Å². The van der Waals surface area contributed by atoms with Crippen LogP contribution in [0.4, 0.5) is 5.69 Å². The number of hydrogen-bond acceptors (Lipinski definition) is 5. The molecule has 1 aromatic heterocycles. The molecular formula is C20H20N2O4. The van der Waals surface area contributed by atoms with Crippen LogP contribution in [0.3, 0.4) is 0 Å². The van der Waals surface area contributed by atoms with Crippen LogP contribution < -0.4 is 5.32 Å². The van der Waals surface area contributed by atoms with Crippen LogP contribution in [0, 0.1) is 13.8 Å². The minimum atomic E-state index is -0.915. The summed E-state index contributed by atoms with van der Waals surface area (Å²) in [5, 5.41) is 7.44. The highest BCUT2D eigenvalue weighted by Crippen LogP contribution is 2.19. The van der Waals surface area contributed by atoms with Crippen molar-refractivity contribution in [3.05, 3.63) is 59.3 Å². The van der Waals surface area contributed by atoms with Gasteiger partial charge in [-0.1, -0.05) is 35.0 Å². The van der Waals surface area contributed by atoms with Gasteiger partial charge < -0.3 is 14.6 Å². The van der Waals surface area contributed by atoms with E-state index in [0.717, 1.165) is 16.5 Å². The Hall–Kier alpha value is -3.15. The second kappa shape index (κ2) is 7.39. The Balaban J connectivity index is 1.60. The number of amides is 1. The highest BCUT2D eigenvalue weighted by molar-refractivity contribution is 5.96. The highest BCUT2D eigenvalue weighted by atomic mass is 16.5. The zero-order valence-electron chi connectivity index (χ0n) is 14.9. The minimum Gasteiger partial charge on any atom is -0.452 e. The molecule has 1 amide bonds. The standard InChI is InChI=1S/C20H20N2O4/c1-12-8-9-16(13(2)10-12)21-20(24)14(3)25-19(23)11-17-15-6-4-5-7-18(15)26-22-17/h4-10,14H,11H2,1-3H3,(H,21,24)/t14-/m1/s1. The monoisotopic (exact) mass is 352 g/mol. The molecule has 3 rings (SSSR count). The van der Waals surface area contributed by atoms with E-state index in [9.17, 15) is 9.59 Å². The first kappa shape index (κ1) is 17.7. The average Bonchev–Trinajstić information content (AvgIpc) is 3.00. The SMILES string of the molecule is Cc1ccc(NC(=O)[C@@H](C)OC(=O)Cc2noc3ccccc23)c(C)c1. The number of carbonyl (C=O) groups is 2. The van der Waals surface area contributed by atoms with Crippen LogP contribution in [0.5, 0.6) is 0 Å². The van der Waals surface area contributed by atoms with Gasteiger partial charge in [-0.25, -0.2) is 0 Å². The van der Waals surface area contributed by atoms with E-state index in [1.165, 1.54) is 6.92 Å². The molecule has 0 spiro atoms. The molecule has 0 radical (unpaired) electrons. The number of nitrogens with one attached hydrogen (secondary N) is 1. The summed E-state index contributed by atoms with van der Waals surface area (Å²) in [5.74, 6) is -0.914. The summed E-state index contributed by atoms with van der Waals surface area (Å²) >= 11 is 0. The first-order valence-corrected chi connectivity index (χ1v) is 8.35. The molecule has 1 atom stereocenters. The molecule has 0 aliphatic carbocycles. The quantitative estimate of drug-likeness (QED) is 0.710. The van der Waals surface area contributed by atoms with Gasteiger partial charge in [0.05, 0.1) is 6.42 Å². The summed E-state index contributed by atoms with van der Waals surface area (Å²) < 4.78 is 10.4. The number of carbonyl (C=O) groups excluding carboxylic acids is 2. The molecule has 0 saturated heterocycles. The Morgan fingerprint density at radius 2 is 1.96 bits per heavy atom. The summed E-state index contributed by atoms with van der Waals surface area (Å²) in [4.78, 5) is 24.4. The van der Waals surface area contributed by atoms with E-state index in [-0.39, 0.29) is 12.3 Å². The van der Waals surface area contributed by atoms with Crippen molar-refractivity contribution < 1.29 is 18.8 Å². The van der Waals surface area contributed by atoms with E-state index in [1.807, 2.05) is 50.2 Å². The lowest BCUT2D eigenvalue weighted by Gasteiger charge is -2.14. The van der Waals surface area contributed by atoms with Crippen LogP contribution in [0.15, 0.2) is 47.0 Å². The van der Waals surface area contributed by atoms with Gasteiger partial charge in [-0.2, -0.15) is 0 Å². The first-order valence-electron chi connectivity index (χ1n) is 8.35. The van der Waals surface area contributed by atoms with Crippen LogP contribution in [0.2, 0.25) is 0 Å². The van der Waals surface area contributed by atoms with E-state index < -0.39 is 12.1 Å². The van der Waals surface area contributed by atoms with Gasteiger partial charge in [-0.15, -0.1) is 0 Å². The maximum atomic E-state index is 12.3. The molecule has 6 heteroatoms. The molecule has 1 heterocycles. The number of fused-ring (bicyclic) bond motifs is 1. The number of rotatable bonds is 5. The van der Waals surface area contributed by atoms with E-state index in [1.54, 1.807) is 6.07 Å². The lowest BCUT2D eigenvalue weighted by Crippen LogP contribution is -2.30. The molecule has 0 bridgehead atoms. The summed E-state index contributed by atoms with van der Waals surface area (Å²) in [5.41, 5.74) is 3.86. The molecule has 6 nitrogen and oxygen atoms in total. The maximum Gasteiger partial charge on any atom is 0.312 e. The van der Waals surface area contributed by atoms with Crippen LogP contribution in [0.1, 0.15) is 23.7 Å². The zero-order chi connectivity index (χ0) is 18.7. The summed E-state index contributed by atoms with van der Waals surface area (Å²) in [6.45, 7) is 5.43. The molecule has 0 saturated carbocycles. The average molecular weight is 352 g/mol. The van der Waals surface area contributed by atoms with Crippen molar-refractivity contribution >= 4 is 28.5 Å². The van der Waals surface area contributed by atoms with E-state index in [2.05, 4.69) is 10.5 Å². The maximum absolute atomic E-state index is 12.3. The highest BCUT2D eigenvalue weighted by Gasteiger charge is 2.20. The van der Waals surface area contributed by atoms with Crippen LogP contribution in [-0.2, 0) is 20.7 Å². The van der Waals surface area contributed by atoms with Gasteiger partial charge in [0.15, 0.2) is 11.7 Å². The number of para-hydroxylation sites is 1. The number of anilines is 1. The third kappa shape index (κ3) is 3.91. The predicted octanol–water partition coefficient (Wildman–Crippen LogP) is 3.56. The third-order valence-electron chi connectivity index (χ3n) is 4.08. The van der Waals surface area contributed by atoms with Gasteiger partial charge in [-0.05, 0) is 44.5 Å². The molecule has 0 aliphatic heterocycles. The van der Waals surface area contributed by atoms with Gasteiger partial charge in [0.25, 0.3) is 5.91 Å². The number of esters is 1. The fraction of sp³-hybridized carbons (Fsp3) is 0.250. The zero-order valence-corrected chi connectivity index (χ0v) is 14.9. The lowest BCUT2D eigenvalue weighted by atomic mass is 10.1. The molecule has 26 heavy (non-hydrogen) atoms. The Kier molecular flexibility index (Phi) is 5.02. The van der Waals surface area contributed by atoms with Crippen LogP contribution in [0.25, 0.3) is 11.0 Å². The fourth-order valence-electron chi connectivity index (χ4n) is 2.68. The Morgan fingerprint density at radius 3 is 2.73 bits per heavy atom. The third-order valence-corrected chi connectivity index (χ3v) is 4.08.